The van der Waals surface area contributed by atoms with Crippen molar-refractivity contribution < 1.29 is 9.84 Å². The molecule has 92 valence electrons. The lowest BCUT2D eigenvalue weighted by Crippen LogP contribution is -2.07. The number of hydrogen-bond acceptors (Lipinski definition) is 3. The van der Waals surface area contributed by atoms with E-state index >= 15 is 0 Å². The first-order valence-electron chi connectivity index (χ1n) is 5.89. The number of rotatable bonds is 5. The van der Waals surface area contributed by atoms with Crippen LogP contribution in [0.25, 0.3) is 10.1 Å². The van der Waals surface area contributed by atoms with Crippen LogP contribution in [-0.2, 0) is 4.74 Å². The maximum Gasteiger partial charge on any atom is 0.0804 e. The second-order valence-electron chi connectivity index (χ2n) is 4.33. The van der Waals surface area contributed by atoms with Crippen LogP contribution in [0.4, 0.5) is 0 Å². The molecule has 2 atom stereocenters. The van der Waals surface area contributed by atoms with Gasteiger partial charge in [0.2, 0.25) is 0 Å². The molecule has 0 aliphatic rings. The molecule has 2 rings (SSSR count). The third-order valence-electron chi connectivity index (χ3n) is 3.12. The van der Waals surface area contributed by atoms with Gasteiger partial charge in [0.1, 0.15) is 0 Å². The van der Waals surface area contributed by atoms with Crippen molar-refractivity contribution in [2.75, 3.05) is 7.11 Å². The molecule has 2 aromatic rings. The molecule has 3 heteroatoms. The molecule has 1 N–H and O–H groups in total. The number of fused-ring (bicyclic) bond motifs is 1. The maximum absolute atomic E-state index is 10.2. The van der Waals surface area contributed by atoms with E-state index in [-0.39, 0.29) is 6.10 Å². The van der Waals surface area contributed by atoms with Gasteiger partial charge < -0.3 is 9.84 Å². The van der Waals surface area contributed by atoms with E-state index in [1.165, 1.54) is 10.1 Å². The number of aliphatic hydroxyl groups is 1. The summed E-state index contributed by atoms with van der Waals surface area (Å²) in [5.74, 6) is 0. The Morgan fingerprint density at radius 1 is 1.29 bits per heavy atom. The van der Waals surface area contributed by atoms with Crippen molar-refractivity contribution in [2.24, 2.45) is 0 Å². The number of methoxy groups -OCH3 is 1. The van der Waals surface area contributed by atoms with Gasteiger partial charge in [-0.2, -0.15) is 0 Å². The van der Waals surface area contributed by atoms with E-state index in [2.05, 4.69) is 17.5 Å². The highest BCUT2D eigenvalue weighted by atomic mass is 32.1. The van der Waals surface area contributed by atoms with Gasteiger partial charge in [-0.1, -0.05) is 18.2 Å². The zero-order valence-corrected chi connectivity index (χ0v) is 11.0. The van der Waals surface area contributed by atoms with Gasteiger partial charge in [0.25, 0.3) is 0 Å². The van der Waals surface area contributed by atoms with Crippen LogP contribution in [0.1, 0.15) is 31.4 Å². The second-order valence-corrected chi connectivity index (χ2v) is 5.24. The van der Waals surface area contributed by atoms with Gasteiger partial charge in [-0.05, 0) is 42.2 Å². The van der Waals surface area contributed by atoms with Gasteiger partial charge in [0, 0.05) is 11.8 Å². The molecule has 0 fully saturated rings. The van der Waals surface area contributed by atoms with Crippen LogP contribution < -0.4 is 0 Å². The minimum Gasteiger partial charge on any atom is -0.388 e. The molecule has 2 unspecified atom stereocenters. The predicted octanol–water partition coefficient (Wildman–Crippen LogP) is 3.75. The highest BCUT2D eigenvalue weighted by molar-refractivity contribution is 7.17. The molecule has 0 saturated heterocycles. The van der Waals surface area contributed by atoms with E-state index < -0.39 is 6.10 Å². The number of thiophene rings is 1. The molecule has 1 heterocycles. The summed E-state index contributed by atoms with van der Waals surface area (Å²) in [7, 11) is 1.71. The van der Waals surface area contributed by atoms with Crippen LogP contribution in [0.3, 0.4) is 0 Å². The summed E-state index contributed by atoms with van der Waals surface area (Å²) in [5.41, 5.74) is 1.04. The standard InChI is InChI=1S/C14H18O2S/c1-10(16-2)6-7-13(15)12-5-3-4-11-8-9-17-14(11)12/h3-5,8-10,13,15H,6-7H2,1-2H3. The first-order valence-corrected chi connectivity index (χ1v) is 6.77. The fraction of sp³-hybridized carbons (Fsp3) is 0.429. The van der Waals surface area contributed by atoms with Crippen molar-refractivity contribution in [3.8, 4) is 0 Å². The predicted molar refractivity (Wildman–Crippen MR) is 72.5 cm³/mol. The van der Waals surface area contributed by atoms with Gasteiger partial charge >= 0.3 is 0 Å². The van der Waals surface area contributed by atoms with E-state index in [0.29, 0.717) is 0 Å². The fourth-order valence-electron chi connectivity index (χ4n) is 1.94. The number of benzene rings is 1. The summed E-state index contributed by atoms with van der Waals surface area (Å²) in [4.78, 5) is 0. The molecular formula is C14H18O2S. The van der Waals surface area contributed by atoms with E-state index in [1.54, 1.807) is 18.4 Å². The van der Waals surface area contributed by atoms with Crippen LogP contribution >= 0.6 is 11.3 Å². The number of aliphatic hydroxyl groups excluding tert-OH is 1. The average molecular weight is 250 g/mol. The highest BCUT2D eigenvalue weighted by Crippen LogP contribution is 2.31. The first kappa shape index (κ1) is 12.6. The van der Waals surface area contributed by atoms with Crippen LogP contribution in [0.5, 0.6) is 0 Å². The van der Waals surface area contributed by atoms with Gasteiger partial charge in [-0.15, -0.1) is 11.3 Å². The lowest BCUT2D eigenvalue weighted by Gasteiger charge is -2.14. The molecule has 0 radical (unpaired) electrons. The number of hydrogen-bond donors (Lipinski definition) is 1. The monoisotopic (exact) mass is 250 g/mol. The van der Waals surface area contributed by atoms with Gasteiger partial charge in [-0.25, -0.2) is 0 Å². The summed E-state index contributed by atoms with van der Waals surface area (Å²) < 4.78 is 6.40. The smallest absolute Gasteiger partial charge is 0.0804 e. The largest absolute Gasteiger partial charge is 0.388 e. The molecule has 0 saturated carbocycles. The molecule has 1 aromatic heterocycles. The van der Waals surface area contributed by atoms with E-state index in [9.17, 15) is 5.11 Å². The molecule has 2 nitrogen and oxygen atoms in total. The Kier molecular flexibility index (Phi) is 4.15. The molecule has 0 aliphatic carbocycles. The average Bonchev–Trinajstić information content (AvgIpc) is 2.83. The Hall–Kier alpha value is -0.900. The molecular weight excluding hydrogens is 232 g/mol. The van der Waals surface area contributed by atoms with Gasteiger partial charge in [0.15, 0.2) is 0 Å². The summed E-state index contributed by atoms with van der Waals surface area (Å²) >= 11 is 1.69. The molecule has 1 aromatic carbocycles. The molecule has 17 heavy (non-hydrogen) atoms. The van der Waals surface area contributed by atoms with E-state index in [0.717, 1.165) is 18.4 Å². The SMILES string of the molecule is COC(C)CCC(O)c1cccc2ccsc12. The van der Waals surface area contributed by atoms with Crippen LogP contribution in [-0.4, -0.2) is 18.3 Å². The van der Waals surface area contributed by atoms with E-state index in [1.807, 2.05) is 19.1 Å². The van der Waals surface area contributed by atoms with Crippen molar-refractivity contribution in [1.29, 1.82) is 0 Å². The summed E-state index contributed by atoms with van der Waals surface area (Å²) in [6, 6.07) is 8.20. The molecule has 0 bridgehead atoms. The van der Waals surface area contributed by atoms with Crippen molar-refractivity contribution >= 4 is 21.4 Å². The lowest BCUT2D eigenvalue weighted by molar-refractivity contribution is 0.0855. The molecule has 0 aliphatic heterocycles. The highest BCUT2D eigenvalue weighted by Gasteiger charge is 2.13. The maximum atomic E-state index is 10.2. The lowest BCUT2D eigenvalue weighted by atomic mass is 10.0. The summed E-state index contributed by atoms with van der Waals surface area (Å²) in [5, 5.41) is 13.5. The minimum atomic E-state index is -0.394. The van der Waals surface area contributed by atoms with Gasteiger partial charge in [0.05, 0.1) is 12.2 Å². The summed E-state index contributed by atoms with van der Waals surface area (Å²) in [6.07, 6.45) is 1.42. The third-order valence-corrected chi connectivity index (χ3v) is 4.10. The Bertz CT molecular complexity index is 478. The Balaban J connectivity index is 2.13. The van der Waals surface area contributed by atoms with Crippen molar-refractivity contribution in [2.45, 2.75) is 32.0 Å². The second kappa shape index (κ2) is 5.63. The van der Waals surface area contributed by atoms with Crippen LogP contribution in [0.15, 0.2) is 29.6 Å². The first-order chi connectivity index (χ1) is 8.22. The zero-order valence-electron chi connectivity index (χ0n) is 10.2. The minimum absolute atomic E-state index is 0.201. The fourth-order valence-corrected chi connectivity index (χ4v) is 2.91. The molecule has 0 amide bonds. The topological polar surface area (TPSA) is 29.5 Å². The third kappa shape index (κ3) is 2.86. The molecule has 0 spiro atoms. The van der Waals surface area contributed by atoms with Crippen LogP contribution in [0.2, 0.25) is 0 Å². The van der Waals surface area contributed by atoms with Crippen molar-refractivity contribution in [3.05, 3.63) is 35.2 Å². The van der Waals surface area contributed by atoms with Crippen molar-refractivity contribution in [3.63, 3.8) is 0 Å². The quantitative estimate of drug-likeness (QED) is 0.875. The van der Waals surface area contributed by atoms with Gasteiger partial charge in [-0.3, -0.25) is 0 Å². The van der Waals surface area contributed by atoms with E-state index in [4.69, 9.17) is 4.74 Å². The van der Waals surface area contributed by atoms with Crippen molar-refractivity contribution in [1.82, 2.24) is 0 Å². The van der Waals surface area contributed by atoms with Crippen LogP contribution in [0, 0.1) is 0 Å². The Morgan fingerprint density at radius 3 is 2.88 bits per heavy atom. The zero-order chi connectivity index (χ0) is 12.3. The Labute approximate surface area is 106 Å². The number of ether oxygens (including phenoxy) is 1. The Morgan fingerprint density at radius 2 is 2.12 bits per heavy atom. The summed E-state index contributed by atoms with van der Waals surface area (Å²) in [6.45, 7) is 2.03. The normalized spacial score (nSPS) is 15.0.